The lowest BCUT2D eigenvalue weighted by atomic mass is 10.1. The van der Waals surface area contributed by atoms with Gasteiger partial charge in [0.1, 0.15) is 5.82 Å². The van der Waals surface area contributed by atoms with E-state index in [9.17, 15) is 14.0 Å². The Hall–Kier alpha value is -3.38. The fourth-order valence-electron chi connectivity index (χ4n) is 3.15. The summed E-state index contributed by atoms with van der Waals surface area (Å²) in [5.41, 5.74) is 3.63. The topological polar surface area (TPSA) is 40.6 Å². The Bertz CT molecular complexity index is 1100. The van der Waals surface area contributed by atoms with Gasteiger partial charge >= 0.3 is 0 Å². The molecule has 0 saturated carbocycles. The third-order valence-electron chi connectivity index (χ3n) is 4.85. The summed E-state index contributed by atoms with van der Waals surface area (Å²) in [7, 11) is 1.99. The van der Waals surface area contributed by atoms with E-state index in [1.165, 1.54) is 17.0 Å². The zero-order valence-corrected chi connectivity index (χ0v) is 17.1. The van der Waals surface area contributed by atoms with Gasteiger partial charge in [0.15, 0.2) is 0 Å². The predicted molar refractivity (Wildman–Crippen MR) is 119 cm³/mol. The second-order valence-corrected chi connectivity index (χ2v) is 7.87. The minimum atomic E-state index is -0.353. The van der Waals surface area contributed by atoms with Gasteiger partial charge in [-0.3, -0.25) is 14.5 Å². The summed E-state index contributed by atoms with van der Waals surface area (Å²) >= 11 is 0.920. The molecule has 2 amide bonds. The van der Waals surface area contributed by atoms with Gasteiger partial charge in [0.25, 0.3) is 11.1 Å². The number of rotatable bonds is 5. The highest BCUT2D eigenvalue weighted by Gasteiger charge is 2.34. The van der Waals surface area contributed by atoms with Gasteiger partial charge in [-0.2, -0.15) is 0 Å². The highest BCUT2D eigenvalue weighted by atomic mass is 32.2. The van der Waals surface area contributed by atoms with E-state index in [2.05, 4.69) is 4.90 Å². The first kappa shape index (κ1) is 19.9. The molecule has 150 valence electrons. The van der Waals surface area contributed by atoms with Crippen LogP contribution in [0, 0.1) is 5.82 Å². The molecule has 0 N–H and O–H groups in total. The van der Waals surface area contributed by atoms with Crippen LogP contribution in [0.5, 0.6) is 0 Å². The minimum absolute atomic E-state index is 0.128. The maximum absolute atomic E-state index is 13.1. The second-order valence-electron chi connectivity index (χ2n) is 6.88. The van der Waals surface area contributed by atoms with Gasteiger partial charge in [0.2, 0.25) is 0 Å². The summed E-state index contributed by atoms with van der Waals surface area (Å²) < 4.78 is 13.1. The van der Waals surface area contributed by atoms with Gasteiger partial charge in [-0.15, -0.1) is 0 Å². The number of amides is 2. The number of hydrogen-bond donors (Lipinski definition) is 0. The van der Waals surface area contributed by atoms with Gasteiger partial charge in [-0.05, 0) is 65.4 Å². The Balaban J connectivity index is 1.48. The quantitative estimate of drug-likeness (QED) is 0.489. The maximum Gasteiger partial charge on any atom is 0.293 e. The number of imide groups is 1. The van der Waals surface area contributed by atoms with E-state index in [0.29, 0.717) is 10.5 Å². The van der Waals surface area contributed by atoms with Crippen LogP contribution >= 0.6 is 11.8 Å². The number of halogens is 1. The van der Waals surface area contributed by atoms with Crippen LogP contribution in [-0.2, 0) is 11.3 Å². The molecule has 1 fully saturated rings. The first-order valence-corrected chi connectivity index (χ1v) is 10.2. The van der Waals surface area contributed by atoms with E-state index in [-0.39, 0.29) is 23.5 Å². The van der Waals surface area contributed by atoms with Gasteiger partial charge in [0.05, 0.1) is 11.4 Å². The molecule has 1 aliphatic heterocycles. The average molecular weight is 418 g/mol. The number of thioether (sulfide) groups is 1. The van der Waals surface area contributed by atoms with Crippen LogP contribution in [0.1, 0.15) is 11.1 Å². The number of carbonyl (C=O) groups excluding carboxylic acids is 2. The SMILES string of the molecule is CN(c1ccccc1)c1ccc(/C=C2\SC(=O)N(Cc3ccc(F)cc3)C2=O)cc1. The zero-order valence-electron chi connectivity index (χ0n) is 16.3. The smallest absolute Gasteiger partial charge is 0.293 e. The molecule has 4 nitrogen and oxygen atoms in total. The van der Waals surface area contributed by atoms with Crippen molar-refractivity contribution in [2.75, 3.05) is 11.9 Å². The van der Waals surface area contributed by atoms with E-state index in [1.54, 1.807) is 18.2 Å². The number of para-hydroxylation sites is 1. The number of hydrogen-bond acceptors (Lipinski definition) is 4. The van der Waals surface area contributed by atoms with Crippen LogP contribution in [0.2, 0.25) is 0 Å². The van der Waals surface area contributed by atoms with Crippen LogP contribution in [0.4, 0.5) is 20.6 Å². The molecule has 0 aliphatic carbocycles. The number of nitrogens with zero attached hydrogens (tertiary/aromatic N) is 2. The molecular weight excluding hydrogens is 399 g/mol. The molecule has 3 aromatic carbocycles. The lowest BCUT2D eigenvalue weighted by Crippen LogP contribution is -2.27. The van der Waals surface area contributed by atoms with Gasteiger partial charge in [0, 0.05) is 18.4 Å². The van der Waals surface area contributed by atoms with E-state index in [4.69, 9.17) is 0 Å². The van der Waals surface area contributed by atoms with E-state index < -0.39 is 0 Å². The Kier molecular flexibility index (Phi) is 5.68. The van der Waals surface area contributed by atoms with E-state index in [1.807, 2.05) is 61.6 Å². The van der Waals surface area contributed by atoms with Crippen molar-refractivity contribution < 1.29 is 14.0 Å². The molecule has 6 heteroatoms. The van der Waals surface area contributed by atoms with Crippen LogP contribution in [0.25, 0.3) is 6.08 Å². The molecule has 30 heavy (non-hydrogen) atoms. The highest BCUT2D eigenvalue weighted by Crippen LogP contribution is 2.33. The van der Waals surface area contributed by atoms with Crippen LogP contribution in [0.3, 0.4) is 0 Å². The van der Waals surface area contributed by atoms with Gasteiger partial charge in [-0.25, -0.2) is 4.39 Å². The van der Waals surface area contributed by atoms with E-state index >= 15 is 0 Å². The summed E-state index contributed by atoms with van der Waals surface area (Å²) in [6.07, 6.45) is 1.72. The third-order valence-corrected chi connectivity index (χ3v) is 5.76. The summed E-state index contributed by atoms with van der Waals surface area (Å²) in [5, 5.41) is -0.323. The van der Waals surface area contributed by atoms with Crippen molar-refractivity contribution in [1.82, 2.24) is 4.90 Å². The Morgan fingerprint density at radius 2 is 1.53 bits per heavy atom. The molecule has 1 heterocycles. The molecule has 1 aliphatic rings. The largest absolute Gasteiger partial charge is 0.345 e. The summed E-state index contributed by atoms with van der Waals surface area (Å²) in [4.78, 5) is 28.6. The molecule has 3 aromatic rings. The fourth-order valence-corrected chi connectivity index (χ4v) is 3.99. The van der Waals surface area contributed by atoms with Crippen molar-refractivity contribution in [3.05, 3.63) is 101 Å². The Morgan fingerprint density at radius 1 is 0.900 bits per heavy atom. The van der Waals surface area contributed by atoms with Crippen molar-refractivity contribution in [2.45, 2.75) is 6.54 Å². The summed E-state index contributed by atoms with van der Waals surface area (Å²) in [6, 6.07) is 23.6. The first-order chi connectivity index (χ1) is 14.5. The molecule has 0 atom stereocenters. The van der Waals surface area contributed by atoms with Gasteiger partial charge in [-0.1, -0.05) is 42.5 Å². The minimum Gasteiger partial charge on any atom is -0.345 e. The van der Waals surface area contributed by atoms with Crippen LogP contribution in [0.15, 0.2) is 83.8 Å². The van der Waals surface area contributed by atoms with E-state index in [0.717, 1.165) is 28.7 Å². The molecule has 0 unspecified atom stereocenters. The normalized spacial score (nSPS) is 15.1. The van der Waals surface area contributed by atoms with Crippen LogP contribution in [-0.4, -0.2) is 23.1 Å². The highest BCUT2D eigenvalue weighted by molar-refractivity contribution is 8.18. The fraction of sp³-hybridized carbons (Fsp3) is 0.0833. The third kappa shape index (κ3) is 4.28. The van der Waals surface area contributed by atoms with Crippen LogP contribution < -0.4 is 4.90 Å². The van der Waals surface area contributed by atoms with Gasteiger partial charge < -0.3 is 4.90 Å². The second kappa shape index (κ2) is 8.55. The van der Waals surface area contributed by atoms with Crippen molar-refractivity contribution in [2.24, 2.45) is 0 Å². The van der Waals surface area contributed by atoms with Crippen molar-refractivity contribution in [3.63, 3.8) is 0 Å². The predicted octanol–water partition coefficient (Wildman–Crippen LogP) is 5.83. The molecule has 0 spiro atoms. The molecule has 1 saturated heterocycles. The zero-order chi connectivity index (χ0) is 21.1. The van der Waals surface area contributed by atoms with Crippen molar-refractivity contribution in [3.8, 4) is 0 Å². The lowest BCUT2D eigenvalue weighted by Gasteiger charge is -2.19. The molecule has 0 radical (unpaired) electrons. The Labute approximate surface area is 178 Å². The number of benzene rings is 3. The number of carbonyl (C=O) groups is 2. The van der Waals surface area contributed by atoms with Crippen molar-refractivity contribution in [1.29, 1.82) is 0 Å². The summed E-state index contributed by atoms with van der Waals surface area (Å²) in [6.45, 7) is 0.128. The molecular formula is C24H19FN2O2S. The molecule has 0 aromatic heterocycles. The monoisotopic (exact) mass is 418 g/mol. The maximum atomic E-state index is 13.1. The van der Waals surface area contributed by atoms with Crippen molar-refractivity contribution >= 4 is 40.4 Å². The summed E-state index contributed by atoms with van der Waals surface area (Å²) in [5.74, 6) is -0.686. The molecule has 4 rings (SSSR count). The average Bonchev–Trinajstić information content (AvgIpc) is 3.03. The lowest BCUT2D eigenvalue weighted by molar-refractivity contribution is -0.123. The molecule has 0 bridgehead atoms. The Morgan fingerprint density at radius 3 is 2.20 bits per heavy atom. The number of anilines is 2. The standard InChI is InChI=1S/C24H19FN2O2S/c1-26(20-5-3-2-4-6-20)21-13-9-17(10-14-21)15-22-23(28)27(24(29)30-22)16-18-7-11-19(25)12-8-18/h2-15H,16H2,1H3/b22-15-. The first-order valence-electron chi connectivity index (χ1n) is 9.40.